The number of carbonyl (C=O) groups is 1. The second-order valence-corrected chi connectivity index (χ2v) is 2.85. The van der Waals surface area contributed by atoms with Crippen molar-refractivity contribution in [3.63, 3.8) is 0 Å². The second kappa shape index (κ2) is 4.12. The summed E-state index contributed by atoms with van der Waals surface area (Å²) in [5.41, 5.74) is 1.20. The van der Waals surface area contributed by atoms with E-state index in [2.05, 4.69) is 19.1 Å². The smallest absolute Gasteiger partial charge is 0.155 e. The van der Waals surface area contributed by atoms with E-state index in [0.717, 1.165) is 25.7 Å². The van der Waals surface area contributed by atoms with Gasteiger partial charge in [-0.15, -0.1) is 0 Å². The predicted octanol–water partition coefficient (Wildman–Crippen LogP) is 2.63. The Morgan fingerprint density at radius 3 is 3.00 bits per heavy atom. The predicted molar refractivity (Wildman–Crippen MR) is 46.4 cm³/mol. The van der Waals surface area contributed by atoms with Crippen LogP contribution >= 0.6 is 0 Å². The summed E-state index contributed by atoms with van der Waals surface area (Å²) in [5.74, 6) is 0.284. The van der Waals surface area contributed by atoms with Crippen LogP contribution in [0.4, 0.5) is 0 Å². The largest absolute Gasteiger partial charge is 0.295 e. The fraction of sp³-hybridized carbons (Fsp3) is 0.500. The van der Waals surface area contributed by atoms with Crippen LogP contribution in [0.25, 0.3) is 0 Å². The molecule has 1 aliphatic carbocycles. The first-order valence-corrected chi connectivity index (χ1v) is 4.23. The molecule has 1 heteroatoms. The summed E-state index contributed by atoms with van der Waals surface area (Å²) in [7, 11) is 0. The Kier molecular flexibility index (Phi) is 3.09. The van der Waals surface area contributed by atoms with Gasteiger partial charge >= 0.3 is 0 Å². The van der Waals surface area contributed by atoms with Crippen LogP contribution in [-0.4, -0.2) is 5.78 Å². The van der Waals surface area contributed by atoms with Crippen molar-refractivity contribution in [3.05, 3.63) is 23.8 Å². The van der Waals surface area contributed by atoms with Gasteiger partial charge in [0.2, 0.25) is 0 Å². The summed E-state index contributed by atoms with van der Waals surface area (Å²) in [4.78, 5) is 10.9. The zero-order valence-electron chi connectivity index (χ0n) is 6.97. The lowest BCUT2D eigenvalue weighted by molar-refractivity contribution is -0.115. The van der Waals surface area contributed by atoms with Crippen molar-refractivity contribution in [2.24, 2.45) is 0 Å². The van der Waals surface area contributed by atoms with Crippen LogP contribution < -0.4 is 0 Å². The van der Waals surface area contributed by atoms with E-state index in [1.807, 2.05) is 0 Å². The molecule has 0 aromatic rings. The summed E-state index contributed by atoms with van der Waals surface area (Å²) in [6.07, 6.45) is 9.83. The molecule has 1 rings (SSSR count). The lowest BCUT2D eigenvalue weighted by atomic mass is 9.98. The van der Waals surface area contributed by atoms with Crippen LogP contribution in [0.2, 0.25) is 0 Å². The third-order valence-corrected chi connectivity index (χ3v) is 1.80. The Morgan fingerprint density at radius 1 is 1.55 bits per heavy atom. The average Bonchev–Trinajstić information content (AvgIpc) is 2.01. The van der Waals surface area contributed by atoms with Gasteiger partial charge in [-0.1, -0.05) is 19.1 Å². The molecule has 0 heterocycles. The molecule has 0 amide bonds. The minimum absolute atomic E-state index is 0.284. The van der Waals surface area contributed by atoms with Gasteiger partial charge in [0.15, 0.2) is 5.78 Å². The Labute approximate surface area is 67.8 Å². The fourth-order valence-electron chi connectivity index (χ4n) is 1.22. The Morgan fingerprint density at radius 2 is 2.36 bits per heavy atom. The first-order chi connectivity index (χ1) is 5.33. The highest BCUT2D eigenvalue weighted by atomic mass is 16.1. The van der Waals surface area contributed by atoms with E-state index in [-0.39, 0.29) is 5.78 Å². The van der Waals surface area contributed by atoms with Crippen molar-refractivity contribution in [1.29, 1.82) is 0 Å². The highest BCUT2D eigenvalue weighted by molar-refractivity contribution is 5.91. The van der Waals surface area contributed by atoms with Crippen LogP contribution in [0.5, 0.6) is 0 Å². The van der Waals surface area contributed by atoms with E-state index in [9.17, 15) is 4.79 Å². The van der Waals surface area contributed by atoms with Crippen LogP contribution in [0, 0.1) is 0 Å². The van der Waals surface area contributed by atoms with Gasteiger partial charge in [-0.05, 0) is 30.9 Å². The van der Waals surface area contributed by atoms with E-state index >= 15 is 0 Å². The van der Waals surface area contributed by atoms with Crippen LogP contribution in [-0.2, 0) is 4.79 Å². The quantitative estimate of drug-likeness (QED) is 0.591. The first-order valence-electron chi connectivity index (χ1n) is 4.23. The number of hydrogen-bond donors (Lipinski definition) is 0. The molecule has 0 aromatic heterocycles. The number of ketones is 1. The molecule has 0 aromatic carbocycles. The second-order valence-electron chi connectivity index (χ2n) is 2.85. The molecule has 0 atom stereocenters. The number of allylic oxidation sites excluding steroid dienone is 4. The standard InChI is InChI=1S/C10H14O/c1-2-3-5-9-6-4-7-10(11)8-9/h3,5,8H,2,4,6-7H2,1H3. The van der Waals surface area contributed by atoms with Gasteiger partial charge in [0, 0.05) is 6.42 Å². The molecule has 0 saturated carbocycles. The summed E-state index contributed by atoms with van der Waals surface area (Å²) in [5, 5.41) is 0. The molecule has 0 aliphatic heterocycles. The van der Waals surface area contributed by atoms with Gasteiger partial charge in [-0.2, -0.15) is 0 Å². The maximum atomic E-state index is 10.9. The molecule has 0 spiro atoms. The van der Waals surface area contributed by atoms with Crippen molar-refractivity contribution < 1.29 is 4.79 Å². The van der Waals surface area contributed by atoms with E-state index < -0.39 is 0 Å². The summed E-state index contributed by atoms with van der Waals surface area (Å²) >= 11 is 0. The molecule has 0 radical (unpaired) electrons. The lowest BCUT2D eigenvalue weighted by Crippen LogP contribution is -2.00. The number of rotatable bonds is 2. The molecule has 1 nitrogen and oxygen atoms in total. The summed E-state index contributed by atoms with van der Waals surface area (Å²) in [6, 6.07) is 0. The van der Waals surface area contributed by atoms with Gasteiger partial charge < -0.3 is 0 Å². The topological polar surface area (TPSA) is 17.1 Å². The third-order valence-electron chi connectivity index (χ3n) is 1.80. The van der Waals surface area contributed by atoms with Crippen molar-refractivity contribution >= 4 is 5.78 Å². The fourth-order valence-corrected chi connectivity index (χ4v) is 1.22. The van der Waals surface area contributed by atoms with E-state index in [1.54, 1.807) is 6.08 Å². The SMILES string of the molecule is CCC=CC1=CC(=O)CCC1. The Bertz CT molecular complexity index is 199. The van der Waals surface area contributed by atoms with Crippen LogP contribution in [0.1, 0.15) is 32.6 Å². The van der Waals surface area contributed by atoms with E-state index in [1.165, 1.54) is 5.57 Å². The van der Waals surface area contributed by atoms with Gasteiger partial charge in [0.1, 0.15) is 0 Å². The average molecular weight is 150 g/mol. The zero-order chi connectivity index (χ0) is 8.10. The maximum absolute atomic E-state index is 10.9. The maximum Gasteiger partial charge on any atom is 0.155 e. The van der Waals surface area contributed by atoms with E-state index in [4.69, 9.17) is 0 Å². The van der Waals surface area contributed by atoms with E-state index in [0.29, 0.717) is 0 Å². The molecular formula is C10H14O. The zero-order valence-corrected chi connectivity index (χ0v) is 6.97. The molecule has 60 valence electrons. The lowest BCUT2D eigenvalue weighted by Gasteiger charge is -2.06. The third kappa shape index (κ3) is 2.71. The normalized spacial score (nSPS) is 19.0. The minimum atomic E-state index is 0.284. The van der Waals surface area contributed by atoms with Crippen molar-refractivity contribution in [3.8, 4) is 0 Å². The first kappa shape index (κ1) is 8.25. The molecule has 0 bridgehead atoms. The summed E-state index contributed by atoms with van der Waals surface area (Å²) in [6.45, 7) is 2.10. The Balaban J connectivity index is 2.56. The van der Waals surface area contributed by atoms with Crippen molar-refractivity contribution in [2.45, 2.75) is 32.6 Å². The van der Waals surface area contributed by atoms with Crippen LogP contribution in [0.3, 0.4) is 0 Å². The minimum Gasteiger partial charge on any atom is -0.295 e. The molecule has 11 heavy (non-hydrogen) atoms. The molecule has 1 aliphatic rings. The Hall–Kier alpha value is -0.850. The van der Waals surface area contributed by atoms with Gasteiger partial charge in [-0.25, -0.2) is 0 Å². The summed E-state index contributed by atoms with van der Waals surface area (Å²) < 4.78 is 0. The van der Waals surface area contributed by atoms with Crippen LogP contribution in [0.15, 0.2) is 23.8 Å². The molecule has 0 fully saturated rings. The van der Waals surface area contributed by atoms with Crippen molar-refractivity contribution in [2.75, 3.05) is 0 Å². The molecular weight excluding hydrogens is 136 g/mol. The monoisotopic (exact) mass is 150 g/mol. The van der Waals surface area contributed by atoms with Gasteiger partial charge in [-0.3, -0.25) is 4.79 Å². The molecule has 0 saturated heterocycles. The number of carbonyl (C=O) groups excluding carboxylic acids is 1. The number of hydrogen-bond acceptors (Lipinski definition) is 1. The molecule has 0 N–H and O–H groups in total. The highest BCUT2D eigenvalue weighted by Gasteiger charge is 2.06. The van der Waals surface area contributed by atoms with Crippen molar-refractivity contribution in [1.82, 2.24) is 0 Å². The molecule has 0 unspecified atom stereocenters. The van der Waals surface area contributed by atoms with Gasteiger partial charge in [0.05, 0.1) is 0 Å². The highest BCUT2D eigenvalue weighted by Crippen LogP contribution is 2.15. The van der Waals surface area contributed by atoms with Gasteiger partial charge in [0.25, 0.3) is 0 Å².